The molecule has 6 nitrogen and oxygen atoms in total. The van der Waals surface area contributed by atoms with Crippen LogP contribution in [0.3, 0.4) is 0 Å². The Labute approximate surface area is 229 Å². The number of hydrogen-bond acceptors (Lipinski definition) is 5. The van der Waals surface area contributed by atoms with E-state index in [1.54, 1.807) is 19.2 Å². The molecule has 0 N–H and O–H groups in total. The van der Waals surface area contributed by atoms with Crippen LogP contribution in [0.5, 0.6) is 5.75 Å². The molecular formula is C31H43N3O3S. The van der Waals surface area contributed by atoms with Gasteiger partial charge in [-0.05, 0) is 119 Å². The number of likely N-dealkylation sites (N-methyl/N-ethyl adjacent to an activating group) is 1. The molecule has 1 saturated carbocycles. The second-order valence-corrected chi connectivity index (χ2v) is 14.0. The number of sulfonamides is 1. The van der Waals surface area contributed by atoms with Gasteiger partial charge < -0.3 is 14.5 Å². The maximum absolute atomic E-state index is 13.6. The lowest BCUT2D eigenvalue weighted by atomic mass is 9.56. The van der Waals surface area contributed by atoms with Gasteiger partial charge in [-0.2, -0.15) is 4.31 Å². The largest absolute Gasteiger partial charge is 0.497 e. The van der Waals surface area contributed by atoms with Gasteiger partial charge in [-0.3, -0.25) is 0 Å². The van der Waals surface area contributed by atoms with E-state index in [0.29, 0.717) is 16.9 Å². The van der Waals surface area contributed by atoms with Crippen LogP contribution in [0.25, 0.3) is 0 Å². The highest BCUT2D eigenvalue weighted by molar-refractivity contribution is 7.89. The summed E-state index contributed by atoms with van der Waals surface area (Å²) in [5.41, 5.74) is 3.18. The molecule has 38 heavy (non-hydrogen) atoms. The van der Waals surface area contributed by atoms with Gasteiger partial charge in [-0.1, -0.05) is 31.2 Å². The third-order valence-electron chi connectivity index (χ3n) is 10.2. The van der Waals surface area contributed by atoms with E-state index in [1.165, 1.54) is 17.5 Å². The molecule has 2 aromatic carbocycles. The number of ether oxygens (including phenoxy) is 1. The molecule has 3 atom stereocenters. The molecule has 6 rings (SSSR count). The molecule has 0 amide bonds. The van der Waals surface area contributed by atoms with E-state index in [9.17, 15) is 8.42 Å². The maximum Gasteiger partial charge on any atom is 0.243 e. The summed E-state index contributed by atoms with van der Waals surface area (Å²) in [5.74, 6) is 1.56. The van der Waals surface area contributed by atoms with Crippen LogP contribution in [0.2, 0.25) is 0 Å². The number of piperidine rings is 2. The van der Waals surface area contributed by atoms with E-state index >= 15 is 0 Å². The van der Waals surface area contributed by atoms with Gasteiger partial charge in [0.1, 0.15) is 5.75 Å². The number of nitrogens with zero attached hydrogens (tertiary/aromatic N) is 3. The molecule has 7 heteroatoms. The first kappa shape index (κ1) is 26.3. The van der Waals surface area contributed by atoms with Crippen molar-refractivity contribution in [1.82, 2.24) is 14.1 Å². The molecule has 2 aliphatic heterocycles. The van der Waals surface area contributed by atoms with Gasteiger partial charge in [0.25, 0.3) is 0 Å². The van der Waals surface area contributed by atoms with Crippen LogP contribution in [0.1, 0.15) is 56.6 Å². The quantitative estimate of drug-likeness (QED) is 0.495. The van der Waals surface area contributed by atoms with Crippen LogP contribution < -0.4 is 4.74 Å². The predicted octanol–water partition coefficient (Wildman–Crippen LogP) is 4.54. The Bertz CT molecular complexity index is 1240. The fourth-order valence-corrected chi connectivity index (χ4v) is 9.71. The molecule has 0 unspecified atom stereocenters. The molecule has 0 aromatic heterocycles. The average molecular weight is 538 g/mol. The average Bonchev–Trinajstić information content (AvgIpc) is 3.77. The zero-order valence-electron chi connectivity index (χ0n) is 23.2. The Morgan fingerprint density at radius 3 is 2.39 bits per heavy atom. The number of benzene rings is 2. The van der Waals surface area contributed by atoms with E-state index in [2.05, 4.69) is 42.0 Å². The fraction of sp³-hybridized carbons (Fsp3) is 0.613. The molecule has 4 aliphatic rings. The van der Waals surface area contributed by atoms with Crippen molar-refractivity contribution in [3.8, 4) is 5.75 Å². The lowest BCUT2D eigenvalue weighted by molar-refractivity contribution is 0.0272. The van der Waals surface area contributed by atoms with Crippen molar-refractivity contribution >= 4 is 10.0 Å². The standard InChI is InChI=1S/C31H43N3O3S/c1-23-30-21-24-9-12-27(37-3)22-29(24)31(23,15-19-32(30)2)16-20-33-17-13-26(14-18-33)34(25-10-11-25)38(35,36)28-7-5-4-6-8-28/h4-9,12,22-23,25-26,30H,10-11,13-21H2,1-3H3/t23-,30+,31+/m0/s1. The Morgan fingerprint density at radius 1 is 1.00 bits per heavy atom. The monoisotopic (exact) mass is 537 g/mol. The molecule has 2 saturated heterocycles. The second kappa shape index (κ2) is 10.2. The first-order valence-electron chi connectivity index (χ1n) is 14.5. The Morgan fingerprint density at radius 2 is 1.71 bits per heavy atom. The zero-order chi connectivity index (χ0) is 26.5. The van der Waals surface area contributed by atoms with Crippen molar-refractivity contribution in [1.29, 1.82) is 0 Å². The van der Waals surface area contributed by atoms with Gasteiger partial charge in [0, 0.05) is 23.5 Å². The van der Waals surface area contributed by atoms with Crippen LogP contribution in [-0.2, 0) is 21.9 Å². The molecule has 0 radical (unpaired) electrons. The highest BCUT2D eigenvalue weighted by Gasteiger charge is 2.50. The van der Waals surface area contributed by atoms with Crippen molar-refractivity contribution in [3.63, 3.8) is 0 Å². The van der Waals surface area contributed by atoms with Crippen LogP contribution in [0.15, 0.2) is 53.4 Å². The molecule has 2 aromatic rings. The summed E-state index contributed by atoms with van der Waals surface area (Å²) in [4.78, 5) is 5.60. The first-order chi connectivity index (χ1) is 18.3. The lowest BCUT2D eigenvalue weighted by Gasteiger charge is -2.56. The molecule has 2 bridgehead atoms. The fourth-order valence-electron chi connectivity index (χ4n) is 7.76. The summed E-state index contributed by atoms with van der Waals surface area (Å²) in [7, 11) is 0.609. The van der Waals surface area contributed by atoms with Crippen molar-refractivity contribution in [2.75, 3.05) is 40.3 Å². The van der Waals surface area contributed by atoms with Crippen molar-refractivity contribution in [2.24, 2.45) is 5.92 Å². The van der Waals surface area contributed by atoms with E-state index in [0.717, 1.165) is 70.5 Å². The van der Waals surface area contributed by atoms with Crippen LogP contribution in [0.4, 0.5) is 0 Å². The van der Waals surface area contributed by atoms with Crippen LogP contribution in [0, 0.1) is 5.92 Å². The number of likely N-dealkylation sites (tertiary alicyclic amines) is 2. The third-order valence-corrected chi connectivity index (χ3v) is 12.2. The van der Waals surface area contributed by atoms with Crippen LogP contribution in [-0.4, -0.2) is 81.0 Å². The van der Waals surface area contributed by atoms with Gasteiger partial charge >= 0.3 is 0 Å². The van der Waals surface area contributed by atoms with Crippen molar-refractivity contribution in [3.05, 3.63) is 59.7 Å². The van der Waals surface area contributed by atoms with Gasteiger partial charge in [-0.25, -0.2) is 8.42 Å². The zero-order valence-corrected chi connectivity index (χ0v) is 24.0. The molecule has 206 valence electrons. The Balaban J connectivity index is 1.16. The van der Waals surface area contributed by atoms with E-state index in [4.69, 9.17) is 4.74 Å². The molecule has 2 aliphatic carbocycles. The maximum atomic E-state index is 13.6. The van der Waals surface area contributed by atoms with Crippen LogP contribution >= 0.6 is 0 Å². The molecule has 3 fully saturated rings. The number of methoxy groups -OCH3 is 1. The number of fused-ring (bicyclic) bond motifs is 4. The second-order valence-electron chi connectivity index (χ2n) is 12.2. The first-order valence-corrected chi connectivity index (χ1v) is 16.0. The van der Waals surface area contributed by atoms with Gasteiger partial charge in [0.15, 0.2) is 0 Å². The highest BCUT2D eigenvalue weighted by Crippen LogP contribution is 2.51. The lowest BCUT2D eigenvalue weighted by Crippen LogP contribution is -2.58. The molecular weight excluding hydrogens is 494 g/mol. The van der Waals surface area contributed by atoms with Crippen molar-refractivity contribution < 1.29 is 13.2 Å². The minimum atomic E-state index is -3.45. The third kappa shape index (κ3) is 4.59. The minimum absolute atomic E-state index is 0.105. The minimum Gasteiger partial charge on any atom is -0.497 e. The topological polar surface area (TPSA) is 53.1 Å². The predicted molar refractivity (Wildman–Crippen MR) is 151 cm³/mol. The van der Waals surface area contributed by atoms with Crippen molar-refractivity contribution in [2.45, 2.75) is 80.3 Å². The summed E-state index contributed by atoms with van der Waals surface area (Å²) in [6.07, 6.45) is 7.27. The Hall–Kier alpha value is -1.93. The SMILES string of the molecule is COc1ccc2c(c1)[C@@]1(CCN3CCC(N(C4CC4)S(=O)(=O)c4ccccc4)CC3)CCN(C)[C@H](C2)[C@@H]1C. The van der Waals surface area contributed by atoms with E-state index in [1.807, 2.05) is 22.5 Å². The smallest absolute Gasteiger partial charge is 0.243 e. The van der Waals surface area contributed by atoms with Gasteiger partial charge in [0.2, 0.25) is 10.0 Å². The molecule has 0 spiro atoms. The van der Waals surface area contributed by atoms with E-state index in [-0.39, 0.29) is 17.5 Å². The summed E-state index contributed by atoms with van der Waals surface area (Å²) in [6, 6.07) is 16.6. The Kier molecular flexibility index (Phi) is 7.08. The number of hydrogen-bond donors (Lipinski definition) is 0. The summed E-state index contributed by atoms with van der Waals surface area (Å²) < 4.78 is 34.7. The van der Waals surface area contributed by atoms with E-state index < -0.39 is 10.0 Å². The highest BCUT2D eigenvalue weighted by atomic mass is 32.2. The summed E-state index contributed by atoms with van der Waals surface area (Å²) >= 11 is 0. The molecule has 2 heterocycles. The summed E-state index contributed by atoms with van der Waals surface area (Å²) in [6.45, 7) is 6.62. The summed E-state index contributed by atoms with van der Waals surface area (Å²) in [5, 5.41) is 0. The van der Waals surface area contributed by atoms with Gasteiger partial charge in [-0.15, -0.1) is 0 Å². The normalized spacial score (nSPS) is 28.8. The van der Waals surface area contributed by atoms with Gasteiger partial charge in [0.05, 0.1) is 12.0 Å². The number of rotatable bonds is 8.